The molecule has 104 valence electrons. The number of thiophene rings is 1. The van der Waals surface area contributed by atoms with Crippen molar-refractivity contribution in [2.75, 3.05) is 11.5 Å². The molecule has 2 N–H and O–H groups in total. The van der Waals surface area contributed by atoms with E-state index in [1.54, 1.807) is 11.3 Å². The molecule has 3 rings (SSSR count). The normalized spacial score (nSPS) is 11.2. The van der Waals surface area contributed by atoms with Gasteiger partial charge in [0.15, 0.2) is 0 Å². The molecule has 0 radical (unpaired) electrons. The zero-order valence-electron chi connectivity index (χ0n) is 11.5. The number of hydrogen-bond acceptors (Lipinski definition) is 3. The fraction of sp³-hybridized carbons (Fsp3) is 0.250. The minimum Gasteiger partial charge on any atom is -0.399 e. The van der Waals surface area contributed by atoms with Crippen LogP contribution in [0.15, 0.2) is 46.1 Å². The molecule has 0 saturated heterocycles. The zero-order chi connectivity index (χ0) is 13.9. The van der Waals surface area contributed by atoms with Crippen molar-refractivity contribution in [1.29, 1.82) is 0 Å². The monoisotopic (exact) mass is 302 g/mol. The van der Waals surface area contributed by atoms with Crippen LogP contribution in [-0.4, -0.2) is 10.3 Å². The molecule has 0 fully saturated rings. The summed E-state index contributed by atoms with van der Waals surface area (Å²) in [5, 5.41) is 5.67. The number of hydrogen-bond donors (Lipinski definition) is 1. The molecule has 4 heteroatoms. The number of nitrogens with zero attached hydrogens (tertiary/aromatic N) is 1. The van der Waals surface area contributed by atoms with Crippen molar-refractivity contribution in [2.45, 2.75) is 24.8 Å². The van der Waals surface area contributed by atoms with Crippen molar-refractivity contribution in [3.63, 3.8) is 0 Å². The summed E-state index contributed by atoms with van der Waals surface area (Å²) in [5.74, 6) is 1.07. The molecule has 1 aromatic carbocycles. The Kier molecular flexibility index (Phi) is 4.03. The Morgan fingerprint density at radius 2 is 2.20 bits per heavy atom. The van der Waals surface area contributed by atoms with Crippen molar-refractivity contribution >= 4 is 39.7 Å². The van der Waals surface area contributed by atoms with E-state index in [-0.39, 0.29) is 0 Å². The number of anilines is 1. The smallest absolute Gasteiger partial charge is 0.0512 e. The number of fused-ring (bicyclic) bond motifs is 1. The van der Waals surface area contributed by atoms with Gasteiger partial charge in [-0.1, -0.05) is 6.92 Å². The minimum absolute atomic E-state index is 0.851. The Labute approximate surface area is 127 Å². The Hall–Kier alpha value is -1.39. The number of aromatic nitrogens is 1. The van der Waals surface area contributed by atoms with Crippen LogP contribution in [0.2, 0.25) is 0 Å². The van der Waals surface area contributed by atoms with Crippen LogP contribution in [-0.2, 0) is 13.0 Å². The van der Waals surface area contributed by atoms with Crippen molar-refractivity contribution < 1.29 is 0 Å². The summed E-state index contributed by atoms with van der Waals surface area (Å²) in [4.78, 5) is 1.29. The van der Waals surface area contributed by atoms with Gasteiger partial charge in [-0.05, 0) is 52.8 Å². The number of rotatable bonds is 5. The Bertz CT molecular complexity index is 699. The summed E-state index contributed by atoms with van der Waals surface area (Å²) in [6.07, 6.45) is 3.24. The highest BCUT2D eigenvalue weighted by Crippen LogP contribution is 2.31. The summed E-state index contributed by atoms with van der Waals surface area (Å²) in [6.45, 7) is 3.17. The summed E-state index contributed by atoms with van der Waals surface area (Å²) < 4.78 is 2.31. The molecule has 0 amide bonds. The highest BCUT2D eigenvalue weighted by Gasteiger charge is 2.07. The molecule has 3 aromatic rings. The molecule has 0 spiro atoms. The molecule has 2 heterocycles. The Morgan fingerprint density at radius 3 is 2.95 bits per heavy atom. The predicted octanol–water partition coefficient (Wildman–Crippen LogP) is 4.64. The van der Waals surface area contributed by atoms with Crippen molar-refractivity contribution in [2.24, 2.45) is 0 Å². The molecule has 0 unspecified atom stereocenters. The summed E-state index contributed by atoms with van der Waals surface area (Å²) in [5.41, 5.74) is 9.55. The van der Waals surface area contributed by atoms with Gasteiger partial charge in [0.2, 0.25) is 0 Å². The van der Waals surface area contributed by atoms with E-state index in [0.29, 0.717) is 0 Å². The van der Waals surface area contributed by atoms with Crippen LogP contribution in [0.1, 0.15) is 12.5 Å². The third-order valence-corrected chi connectivity index (χ3v) is 5.06. The van der Waals surface area contributed by atoms with Gasteiger partial charge >= 0.3 is 0 Å². The maximum atomic E-state index is 6.05. The van der Waals surface area contributed by atoms with E-state index in [0.717, 1.165) is 24.4 Å². The van der Waals surface area contributed by atoms with E-state index >= 15 is 0 Å². The SMILES string of the molecule is CCSc1cc(N)cc2c1ccn2CCc1ccsc1. The number of nitrogens with two attached hydrogens (primary N) is 1. The average Bonchev–Trinajstić information content (AvgIpc) is 3.05. The van der Waals surface area contributed by atoms with Gasteiger partial charge in [-0.3, -0.25) is 0 Å². The highest BCUT2D eigenvalue weighted by molar-refractivity contribution is 7.99. The fourth-order valence-corrected chi connectivity index (χ4v) is 4.00. The van der Waals surface area contributed by atoms with Crippen molar-refractivity contribution in [3.05, 3.63) is 46.8 Å². The summed E-state index contributed by atoms with van der Waals surface area (Å²) in [7, 11) is 0. The first-order chi connectivity index (χ1) is 9.78. The number of nitrogen functional groups attached to an aromatic ring is 1. The molecule has 0 saturated carbocycles. The lowest BCUT2D eigenvalue weighted by Gasteiger charge is -2.08. The maximum Gasteiger partial charge on any atom is 0.0512 e. The third kappa shape index (κ3) is 2.72. The van der Waals surface area contributed by atoms with E-state index in [9.17, 15) is 0 Å². The quantitative estimate of drug-likeness (QED) is 0.550. The van der Waals surface area contributed by atoms with E-state index in [2.05, 4.69) is 52.7 Å². The second-order valence-electron chi connectivity index (χ2n) is 4.78. The lowest BCUT2D eigenvalue weighted by atomic mass is 10.2. The number of aryl methyl sites for hydroxylation is 2. The van der Waals surface area contributed by atoms with E-state index < -0.39 is 0 Å². The van der Waals surface area contributed by atoms with Gasteiger partial charge in [0, 0.05) is 28.7 Å². The lowest BCUT2D eigenvalue weighted by molar-refractivity contribution is 0.724. The average molecular weight is 302 g/mol. The molecule has 20 heavy (non-hydrogen) atoms. The standard InChI is InChI=1S/C16H18N2S2/c1-2-20-16-10-13(17)9-15-14(16)4-7-18(15)6-3-12-5-8-19-11-12/h4-5,7-11H,2-3,6,17H2,1H3. The first kappa shape index (κ1) is 13.6. The molecule has 2 aromatic heterocycles. The Morgan fingerprint density at radius 1 is 1.30 bits per heavy atom. The van der Waals surface area contributed by atoms with Crippen molar-refractivity contribution in [3.8, 4) is 0 Å². The summed E-state index contributed by atoms with van der Waals surface area (Å²) >= 11 is 3.62. The van der Waals surface area contributed by atoms with Crippen LogP contribution >= 0.6 is 23.1 Å². The fourth-order valence-electron chi connectivity index (χ4n) is 2.44. The van der Waals surface area contributed by atoms with Crippen LogP contribution in [0.4, 0.5) is 5.69 Å². The predicted molar refractivity (Wildman–Crippen MR) is 90.8 cm³/mol. The van der Waals surface area contributed by atoms with Gasteiger partial charge < -0.3 is 10.3 Å². The number of thioether (sulfide) groups is 1. The lowest BCUT2D eigenvalue weighted by Crippen LogP contribution is -1.99. The van der Waals surface area contributed by atoms with Gasteiger partial charge in [-0.2, -0.15) is 11.3 Å². The molecular formula is C16H18N2S2. The van der Waals surface area contributed by atoms with Gasteiger partial charge in [-0.15, -0.1) is 11.8 Å². The van der Waals surface area contributed by atoms with Crippen LogP contribution in [0.25, 0.3) is 10.9 Å². The van der Waals surface area contributed by atoms with E-state index in [1.165, 1.54) is 21.4 Å². The van der Waals surface area contributed by atoms with Crippen LogP contribution in [0, 0.1) is 0 Å². The summed E-state index contributed by atoms with van der Waals surface area (Å²) in [6, 6.07) is 8.58. The van der Waals surface area contributed by atoms with Gasteiger partial charge in [0.05, 0.1) is 5.52 Å². The molecule has 0 aliphatic rings. The second-order valence-corrected chi connectivity index (χ2v) is 6.86. The largest absolute Gasteiger partial charge is 0.399 e. The van der Waals surface area contributed by atoms with Gasteiger partial charge in [0.25, 0.3) is 0 Å². The van der Waals surface area contributed by atoms with Gasteiger partial charge in [-0.25, -0.2) is 0 Å². The highest BCUT2D eigenvalue weighted by atomic mass is 32.2. The van der Waals surface area contributed by atoms with E-state index in [1.807, 2.05) is 11.8 Å². The first-order valence-corrected chi connectivity index (χ1v) is 8.73. The minimum atomic E-state index is 0.851. The number of benzene rings is 1. The van der Waals surface area contributed by atoms with Gasteiger partial charge in [0.1, 0.15) is 0 Å². The molecule has 2 nitrogen and oxygen atoms in total. The molecule has 0 aliphatic heterocycles. The van der Waals surface area contributed by atoms with Crippen LogP contribution in [0.5, 0.6) is 0 Å². The Balaban J connectivity index is 1.91. The van der Waals surface area contributed by atoms with E-state index in [4.69, 9.17) is 5.73 Å². The molecule has 0 bridgehead atoms. The molecular weight excluding hydrogens is 284 g/mol. The topological polar surface area (TPSA) is 30.9 Å². The maximum absolute atomic E-state index is 6.05. The molecule has 0 atom stereocenters. The third-order valence-electron chi connectivity index (χ3n) is 3.39. The molecule has 0 aliphatic carbocycles. The van der Waals surface area contributed by atoms with Crippen LogP contribution < -0.4 is 5.73 Å². The second kappa shape index (κ2) is 5.94. The zero-order valence-corrected chi connectivity index (χ0v) is 13.1. The van der Waals surface area contributed by atoms with Crippen molar-refractivity contribution in [1.82, 2.24) is 4.57 Å². The van der Waals surface area contributed by atoms with Crippen LogP contribution in [0.3, 0.4) is 0 Å². The first-order valence-electron chi connectivity index (χ1n) is 6.80.